The highest BCUT2D eigenvalue weighted by atomic mass is 32.1. The fourth-order valence-corrected chi connectivity index (χ4v) is 1.06. The van der Waals surface area contributed by atoms with Crippen LogP contribution in [-0.4, -0.2) is 11.8 Å². The smallest absolute Gasteiger partial charge is 0.0142 e. The van der Waals surface area contributed by atoms with Crippen LogP contribution in [0.4, 0.5) is 0 Å². The average Bonchev–Trinajstić information content (AvgIpc) is 1.65. The van der Waals surface area contributed by atoms with Crippen LogP contribution in [0.25, 0.3) is 0 Å². The molecule has 0 aromatic rings. The van der Waals surface area contributed by atoms with Crippen LogP contribution in [0.3, 0.4) is 0 Å². The van der Waals surface area contributed by atoms with Gasteiger partial charge in [0, 0.05) is 11.8 Å². The lowest BCUT2D eigenvalue weighted by Crippen LogP contribution is -2.15. The molecule has 0 aromatic heterocycles. The van der Waals surface area contributed by atoms with Gasteiger partial charge in [0.05, 0.1) is 0 Å². The van der Waals surface area contributed by atoms with Crippen molar-refractivity contribution < 1.29 is 0 Å². The molecule has 0 bridgehead atoms. The van der Waals surface area contributed by atoms with Gasteiger partial charge in [-0.3, -0.25) is 0 Å². The van der Waals surface area contributed by atoms with Crippen LogP contribution in [0.1, 0.15) is 20.3 Å². The first-order valence-corrected chi connectivity index (χ1v) is 3.56. The molecule has 0 saturated heterocycles. The van der Waals surface area contributed by atoms with Gasteiger partial charge in [0.25, 0.3) is 0 Å². The van der Waals surface area contributed by atoms with Crippen LogP contribution in [0.15, 0.2) is 0 Å². The molecule has 50 valence electrons. The van der Waals surface area contributed by atoms with E-state index in [4.69, 9.17) is 5.73 Å². The average molecular weight is 133 g/mol. The van der Waals surface area contributed by atoms with Gasteiger partial charge in [0.2, 0.25) is 0 Å². The zero-order valence-corrected chi connectivity index (χ0v) is 6.49. The van der Waals surface area contributed by atoms with E-state index in [-0.39, 0.29) is 0 Å². The summed E-state index contributed by atoms with van der Waals surface area (Å²) in [6, 6.07) is 0. The minimum absolute atomic E-state index is 0.398. The lowest BCUT2D eigenvalue weighted by molar-refractivity contribution is 0.573. The third-order valence-corrected chi connectivity index (χ3v) is 1.44. The SMILES string of the molecule is CC(C)CC(S)CN. The Kier molecular flexibility index (Phi) is 4.38. The van der Waals surface area contributed by atoms with Gasteiger partial charge >= 0.3 is 0 Å². The molecule has 0 aliphatic carbocycles. The predicted octanol–water partition coefficient (Wildman–Crippen LogP) is 1.29. The van der Waals surface area contributed by atoms with Crippen molar-refractivity contribution in [3.63, 3.8) is 0 Å². The Balaban J connectivity index is 3.10. The van der Waals surface area contributed by atoms with E-state index in [9.17, 15) is 0 Å². The van der Waals surface area contributed by atoms with Gasteiger partial charge in [0.15, 0.2) is 0 Å². The van der Waals surface area contributed by atoms with Crippen LogP contribution in [0, 0.1) is 5.92 Å². The summed E-state index contributed by atoms with van der Waals surface area (Å²) in [4.78, 5) is 0. The second kappa shape index (κ2) is 4.21. The first kappa shape index (κ1) is 8.31. The van der Waals surface area contributed by atoms with Crippen molar-refractivity contribution in [2.45, 2.75) is 25.5 Å². The van der Waals surface area contributed by atoms with Crippen LogP contribution in [0.5, 0.6) is 0 Å². The molecule has 1 nitrogen and oxygen atoms in total. The molecule has 1 unspecified atom stereocenters. The third-order valence-electron chi connectivity index (χ3n) is 1.02. The van der Waals surface area contributed by atoms with Crippen LogP contribution in [-0.2, 0) is 0 Å². The zero-order valence-electron chi connectivity index (χ0n) is 5.59. The molecule has 0 fully saturated rings. The van der Waals surface area contributed by atoms with Gasteiger partial charge in [-0.25, -0.2) is 0 Å². The molecule has 0 rings (SSSR count). The minimum Gasteiger partial charge on any atom is -0.329 e. The molecule has 0 heterocycles. The lowest BCUT2D eigenvalue weighted by Gasteiger charge is -2.08. The van der Waals surface area contributed by atoms with Gasteiger partial charge in [-0.05, 0) is 12.3 Å². The van der Waals surface area contributed by atoms with Crippen molar-refractivity contribution >= 4 is 12.6 Å². The quantitative estimate of drug-likeness (QED) is 0.557. The fraction of sp³-hybridized carbons (Fsp3) is 1.00. The summed E-state index contributed by atoms with van der Waals surface area (Å²) in [6.45, 7) is 5.05. The van der Waals surface area contributed by atoms with E-state index in [1.54, 1.807) is 0 Å². The van der Waals surface area contributed by atoms with Crippen molar-refractivity contribution in [2.24, 2.45) is 11.7 Å². The maximum atomic E-state index is 5.34. The summed E-state index contributed by atoms with van der Waals surface area (Å²) in [7, 11) is 0. The molecule has 2 heteroatoms. The van der Waals surface area contributed by atoms with E-state index < -0.39 is 0 Å². The number of hydrogen-bond donors (Lipinski definition) is 2. The largest absolute Gasteiger partial charge is 0.329 e. The van der Waals surface area contributed by atoms with Crippen LogP contribution >= 0.6 is 12.6 Å². The molecule has 2 N–H and O–H groups in total. The Labute approximate surface area is 57.1 Å². The third kappa shape index (κ3) is 4.47. The van der Waals surface area contributed by atoms with Crippen molar-refractivity contribution in [1.82, 2.24) is 0 Å². The molecule has 0 aliphatic rings. The van der Waals surface area contributed by atoms with Crippen LogP contribution in [0.2, 0.25) is 0 Å². The van der Waals surface area contributed by atoms with Crippen molar-refractivity contribution in [3.8, 4) is 0 Å². The standard InChI is InChI=1S/C6H15NS/c1-5(2)3-6(8)4-7/h5-6,8H,3-4,7H2,1-2H3. The first-order valence-electron chi connectivity index (χ1n) is 3.05. The maximum Gasteiger partial charge on any atom is 0.0142 e. The molecular formula is C6H15NS. The minimum atomic E-state index is 0.398. The summed E-state index contributed by atoms with van der Waals surface area (Å²) < 4.78 is 0. The highest BCUT2D eigenvalue weighted by Crippen LogP contribution is 2.07. The monoisotopic (exact) mass is 133 g/mol. The fourth-order valence-electron chi connectivity index (χ4n) is 0.640. The number of hydrogen-bond acceptors (Lipinski definition) is 2. The summed E-state index contributed by atoms with van der Waals surface area (Å²) in [5, 5.41) is 0.398. The topological polar surface area (TPSA) is 26.0 Å². The highest BCUT2D eigenvalue weighted by molar-refractivity contribution is 7.81. The Morgan fingerprint density at radius 2 is 2.00 bits per heavy atom. The van der Waals surface area contributed by atoms with Crippen molar-refractivity contribution in [2.75, 3.05) is 6.54 Å². The molecule has 1 atom stereocenters. The summed E-state index contributed by atoms with van der Waals surface area (Å²) in [5.41, 5.74) is 5.34. The zero-order chi connectivity index (χ0) is 6.57. The Morgan fingerprint density at radius 1 is 1.50 bits per heavy atom. The summed E-state index contributed by atoms with van der Waals surface area (Å²) in [5.74, 6) is 0.723. The summed E-state index contributed by atoms with van der Waals surface area (Å²) in [6.07, 6.45) is 1.12. The van der Waals surface area contributed by atoms with Gasteiger partial charge in [-0.2, -0.15) is 12.6 Å². The van der Waals surface area contributed by atoms with E-state index in [1.165, 1.54) is 0 Å². The molecular weight excluding hydrogens is 118 g/mol. The highest BCUT2D eigenvalue weighted by Gasteiger charge is 2.01. The van der Waals surface area contributed by atoms with E-state index in [0.29, 0.717) is 11.8 Å². The Bertz CT molecular complexity index is 54.5. The van der Waals surface area contributed by atoms with Gasteiger partial charge < -0.3 is 5.73 Å². The Morgan fingerprint density at radius 3 is 2.12 bits per heavy atom. The number of nitrogens with two attached hydrogens (primary N) is 1. The lowest BCUT2D eigenvalue weighted by atomic mass is 10.1. The summed E-state index contributed by atoms with van der Waals surface area (Å²) >= 11 is 4.24. The van der Waals surface area contributed by atoms with Crippen molar-refractivity contribution in [3.05, 3.63) is 0 Å². The van der Waals surface area contributed by atoms with E-state index >= 15 is 0 Å². The number of rotatable bonds is 3. The van der Waals surface area contributed by atoms with E-state index in [1.807, 2.05) is 0 Å². The maximum absolute atomic E-state index is 5.34. The van der Waals surface area contributed by atoms with Gasteiger partial charge in [-0.15, -0.1) is 0 Å². The van der Waals surface area contributed by atoms with Crippen molar-refractivity contribution in [1.29, 1.82) is 0 Å². The normalized spacial score (nSPS) is 14.6. The molecule has 0 aromatic carbocycles. The molecule has 0 spiro atoms. The van der Waals surface area contributed by atoms with Crippen LogP contribution < -0.4 is 5.73 Å². The molecule has 0 saturated carbocycles. The molecule has 8 heavy (non-hydrogen) atoms. The molecule has 0 amide bonds. The molecule has 0 aliphatic heterocycles. The first-order chi connectivity index (χ1) is 3.66. The van der Waals surface area contributed by atoms with E-state index in [0.717, 1.165) is 12.3 Å². The van der Waals surface area contributed by atoms with Gasteiger partial charge in [-0.1, -0.05) is 13.8 Å². The molecule has 0 radical (unpaired) electrons. The van der Waals surface area contributed by atoms with E-state index in [2.05, 4.69) is 26.5 Å². The second-order valence-electron chi connectivity index (χ2n) is 2.52. The second-order valence-corrected chi connectivity index (χ2v) is 3.25. The Hall–Kier alpha value is 0.310. The van der Waals surface area contributed by atoms with Gasteiger partial charge in [0.1, 0.15) is 0 Å². The number of thiol groups is 1. The predicted molar refractivity (Wildman–Crippen MR) is 41.3 cm³/mol.